The summed E-state index contributed by atoms with van der Waals surface area (Å²) < 4.78 is 1.63. The van der Waals surface area contributed by atoms with E-state index in [1.54, 1.807) is 17.9 Å². The van der Waals surface area contributed by atoms with Crippen molar-refractivity contribution in [3.8, 4) is 0 Å². The summed E-state index contributed by atoms with van der Waals surface area (Å²) in [6, 6.07) is 0. The van der Waals surface area contributed by atoms with Crippen LogP contribution in [0.25, 0.3) is 0 Å². The Morgan fingerprint density at radius 1 is 1.65 bits per heavy atom. The van der Waals surface area contributed by atoms with Gasteiger partial charge in [0.1, 0.15) is 0 Å². The van der Waals surface area contributed by atoms with E-state index in [1.807, 2.05) is 6.92 Å². The first-order chi connectivity index (χ1) is 8.08. The van der Waals surface area contributed by atoms with E-state index in [-0.39, 0.29) is 17.9 Å². The maximum absolute atomic E-state index is 11.9. The number of hydrogen-bond acceptors (Lipinski definition) is 3. The molecule has 0 radical (unpaired) electrons. The van der Waals surface area contributed by atoms with E-state index < -0.39 is 0 Å². The molecule has 5 heteroatoms. The van der Waals surface area contributed by atoms with Crippen molar-refractivity contribution in [2.45, 2.75) is 32.3 Å². The monoisotopic (exact) mass is 237 g/mol. The molecule has 2 N–H and O–H groups in total. The maximum atomic E-state index is 11.9. The van der Waals surface area contributed by atoms with Gasteiger partial charge in [0, 0.05) is 25.7 Å². The summed E-state index contributed by atoms with van der Waals surface area (Å²) in [5, 5.41) is 16.7. The Hall–Kier alpha value is -1.36. The van der Waals surface area contributed by atoms with Gasteiger partial charge in [-0.2, -0.15) is 5.10 Å². The lowest BCUT2D eigenvalue weighted by Gasteiger charge is -2.14. The molecule has 1 aromatic rings. The summed E-state index contributed by atoms with van der Waals surface area (Å²) in [5.41, 5.74) is 1.34. The second-order valence-electron chi connectivity index (χ2n) is 4.77. The standard InChI is InChI=1S/C12H19N3O2/c1-8-10(7-15(2)14-8)12(17)13-6-9-4-3-5-11(9)16/h7,9,11,16H,3-6H2,1-2H3,(H,13,17). The average Bonchev–Trinajstić information content (AvgIpc) is 2.81. The summed E-state index contributed by atoms with van der Waals surface area (Å²) >= 11 is 0. The fourth-order valence-corrected chi connectivity index (χ4v) is 2.40. The van der Waals surface area contributed by atoms with Crippen molar-refractivity contribution in [1.29, 1.82) is 0 Å². The molecule has 2 unspecified atom stereocenters. The van der Waals surface area contributed by atoms with Crippen molar-refractivity contribution in [3.63, 3.8) is 0 Å². The van der Waals surface area contributed by atoms with Gasteiger partial charge in [0.15, 0.2) is 0 Å². The van der Waals surface area contributed by atoms with Crippen LogP contribution in [0.2, 0.25) is 0 Å². The summed E-state index contributed by atoms with van der Waals surface area (Å²) in [7, 11) is 1.80. The molecule has 1 aliphatic carbocycles. The zero-order valence-corrected chi connectivity index (χ0v) is 10.3. The fourth-order valence-electron chi connectivity index (χ4n) is 2.40. The molecule has 2 atom stereocenters. The number of carbonyl (C=O) groups excluding carboxylic acids is 1. The molecule has 94 valence electrons. The first-order valence-electron chi connectivity index (χ1n) is 6.04. The summed E-state index contributed by atoms with van der Waals surface area (Å²) in [4.78, 5) is 11.9. The minimum absolute atomic E-state index is 0.102. The molecule has 1 saturated carbocycles. The van der Waals surface area contributed by atoms with Crippen LogP contribution in [0, 0.1) is 12.8 Å². The Morgan fingerprint density at radius 3 is 2.94 bits per heavy atom. The van der Waals surface area contributed by atoms with Crippen LogP contribution in [0.5, 0.6) is 0 Å². The first-order valence-corrected chi connectivity index (χ1v) is 6.04. The molecule has 1 heterocycles. The molecule has 0 spiro atoms. The number of aromatic nitrogens is 2. The number of carbonyl (C=O) groups is 1. The van der Waals surface area contributed by atoms with Gasteiger partial charge in [0.25, 0.3) is 5.91 Å². The molecule has 1 aromatic heterocycles. The maximum Gasteiger partial charge on any atom is 0.254 e. The zero-order chi connectivity index (χ0) is 12.4. The van der Waals surface area contributed by atoms with Crippen LogP contribution in [0.4, 0.5) is 0 Å². The van der Waals surface area contributed by atoms with E-state index in [4.69, 9.17) is 0 Å². The highest BCUT2D eigenvalue weighted by atomic mass is 16.3. The highest BCUT2D eigenvalue weighted by Gasteiger charge is 2.25. The highest BCUT2D eigenvalue weighted by molar-refractivity contribution is 5.94. The second kappa shape index (κ2) is 4.87. The number of hydrogen-bond donors (Lipinski definition) is 2. The lowest BCUT2D eigenvalue weighted by atomic mass is 10.1. The van der Waals surface area contributed by atoms with Crippen LogP contribution in [0.1, 0.15) is 35.3 Å². The minimum atomic E-state index is -0.259. The van der Waals surface area contributed by atoms with Gasteiger partial charge < -0.3 is 10.4 Å². The molecule has 1 fully saturated rings. The smallest absolute Gasteiger partial charge is 0.254 e. The Morgan fingerprint density at radius 2 is 2.41 bits per heavy atom. The van der Waals surface area contributed by atoms with Gasteiger partial charge in [-0.25, -0.2) is 0 Å². The Balaban J connectivity index is 1.91. The normalized spacial score (nSPS) is 23.9. The molecular weight excluding hydrogens is 218 g/mol. The van der Waals surface area contributed by atoms with E-state index in [0.717, 1.165) is 25.0 Å². The van der Waals surface area contributed by atoms with Crippen LogP contribution in [-0.2, 0) is 7.05 Å². The topological polar surface area (TPSA) is 67.2 Å². The molecule has 0 aromatic carbocycles. The van der Waals surface area contributed by atoms with Crippen LogP contribution >= 0.6 is 0 Å². The number of aryl methyl sites for hydroxylation is 2. The first kappa shape index (κ1) is 12.1. The van der Waals surface area contributed by atoms with E-state index in [1.165, 1.54) is 0 Å². The molecule has 1 aliphatic rings. The van der Waals surface area contributed by atoms with Crippen LogP contribution in [0.3, 0.4) is 0 Å². The largest absolute Gasteiger partial charge is 0.393 e. The zero-order valence-electron chi connectivity index (χ0n) is 10.3. The lowest BCUT2D eigenvalue weighted by Crippen LogP contribution is -2.32. The average molecular weight is 237 g/mol. The van der Waals surface area contributed by atoms with Crippen molar-refractivity contribution in [2.24, 2.45) is 13.0 Å². The fraction of sp³-hybridized carbons (Fsp3) is 0.667. The lowest BCUT2D eigenvalue weighted by molar-refractivity contribution is 0.0916. The van der Waals surface area contributed by atoms with Gasteiger partial charge >= 0.3 is 0 Å². The number of aliphatic hydroxyl groups excluding tert-OH is 1. The minimum Gasteiger partial charge on any atom is -0.393 e. The van der Waals surface area contributed by atoms with Gasteiger partial charge in [0.05, 0.1) is 17.4 Å². The van der Waals surface area contributed by atoms with Crippen molar-refractivity contribution in [2.75, 3.05) is 6.54 Å². The second-order valence-corrected chi connectivity index (χ2v) is 4.77. The number of nitrogens with zero attached hydrogens (tertiary/aromatic N) is 2. The van der Waals surface area contributed by atoms with Crippen molar-refractivity contribution >= 4 is 5.91 Å². The highest BCUT2D eigenvalue weighted by Crippen LogP contribution is 2.24. The molecule has 17 heavy (non-hydrogen) atoms. The molecule has 0 aliphatic heterocycles. The predicted molar refractivity (Wildman–Crippen MR) is 63.6 cm³/mol. The Bertz CT molecular complexity index is 414. The molecule has 0 bridgehead atoms. The molecule has 0 saturated heterocycles. The quantitative estimate of drug-likeness (QED) is 0.810. The van der Waals surface area contributed by atoms with Gasteiger partial charge in [-0.15, -0.1) is 0 Å². The Labute approximate surface area is 101 Å². The SMILES string of the molecule is Cc1nn(C)cc1C(=O)NCC1CCCC1O. The number of aliphatic hydroxyl groups is 1. The van der Waals surface area contributed by atoms with Gasteiger partial charge in [0.2, 0.25) is 0 Å². The van der Waals surface area contributed by atoms with E-state index in [0.29, 0.717) is 12.1 Å². The van der Waals surface area contributed by atoms with Crippen molar-refractivity contribution in [1.82, 2.24) is 15.1 Å². The van der Waals surface area contributed by atoms with E-state index >= 15 is 0 Å². The molecule has 2 rings (SSSR count). The Kier molecular flexibility index (Phi) is 3.47. The van der Waals surface area contributed by atoms with E-state index in [2.05, 4.69) is 10.4 Å². The summed E-state index contributed by atoms with van der Waals surface area (Å²) in [6.07, 6.45) is 4.36. The van der Waals surface area contributed by atoms with Crippen LogP contribution in [-0.4, -0.2) is 33.4 Å². The number of nitrogens with one attached hydrogen (secondary N) is 1. The van der Waals surface area contributed by atoms with Gasteiger partial charge in [-0.3, -0.25) is 9.48 Å². The van der Waals surface area contributed by atoms with Crippen molar-refractivity contribution < 1.29 is 9.90 Å². The van der Waals surface area contributed by atoms with Gasteiger partial charge in [-0.05, 0) is 19.8 Å². The number of rotatable bonds is 3. The predicted octanol–water partition coefficient (Wildman–Crippen LogP) is 0.619. The van der Waals surface area contributed by atoms with Gasteiger partial charge in [-0.1, -0.05) is 6.42 Å². The third-order valence-electron chi connectivity index (χ3n) is 3.40. The molecule has 5 nitrogen and oxygen atoms in total. The third kappa shape index (κ3) is 2.66. The number of amides is 1. The molecule has 1 amide bonds. The molecular formula is C12H19N3O2. The summed E-state index contributed by atoms with van der Waals surface area (Å²) in [5.74, 6) is 0.102. The van der Waals surface area contributed by atoms with Crippen LogP contribution in [0.15, 0.2) is 6.20 Å². The third-order valence-corrected chi connectivity index (χ3v) is 3.40. The summed E-state index contributed by atoms with van der Waals surface area (Å²) in [6.45, 7) is 2.37. The van der Waals surface area contributed by atoms with Crippen molar-refractivity contribution in [3.05, 3.63) is 17.5 Å². The van der Waals surface area contributed by atoms with E-state index in [9.17, 15) is 9.90 Å². The van der Waals surface area contributed by atoms with Crippen LogP contribution < -0.4 is 5.32 Å².